The number of carbonyl (C=O) groups is 3. The fourth-order valence-electron chi connectivity index (χ4n) is 7.77. The lowest BCUT2D eigenvalue weighted by Crippen LogP contribution is -2.65. The molecule has 3 fully saturated rings. The number of fused-ring (bicyclic) bond motifs is 1. The number of nitrogens with one attached hydrogen (secondary N) is 1. The van der Waals surface area contributed by atoms with Crippen LogP contribution in [0.1, 0.15) is 60.8 Å². The Morgan fingerprint density at radius 2 is 1.48 bits per heavy atom. The smallest absolute Gasteiger partial charge is 0.322 e. The number of hydrogen-bond acceptors (Lipinski definition) is 6. The minimum Gasteiger partial charge on any atom is -0.507 e. The molecular formula is C37H54N5O6+. The molecule has 0 aromatic heterocycles. The number of aryl methyl sites for hydroxylation is 3. The van der Waals surface area contributed by atoms with Gasteiger partial charge in [-0.2, -0.15) is 4.65 Å². The zero-order chi connectivity index (χ0) is 34.3. The Hall–Kier alpha value is -3.67. The van der Waals surface area contributed by atoms with Crippen molar-refractivity contribution in [2.24, 2.45) is 0 Å². The van der Waals surface area contributed by atoms with Crippen LogP contribution in [0.25, 0.3) is 0 Å². The minimum atomic E-state index is -0.0558. The van der Waals surface area contributed by atoms with Crippen molar-refractivity contribution >= 4 is 23.5 Å². The summed E-state index contributed by atoms with van der Waals surface area (Å²) >= 11 is 0. The first-order chi connectivity index (χ1) is 23.1. The first-order valence-corrected chi connectivity index (χ1v) is 17.6. The van der Waals surface area contributed by atoms with E-state index in [1.165, 1.54) is 5.56 Å². The molecule has 11 heteroatoms. The van der Waals surface area contributed by atoms with Crippen molar-refractivity contribution in [3.63, 3.8) is 0 Å². The van der Waals surface area contributed by atoms with Crippen LogP contribution in [-0.2, 0) is 25.6 Å². The number of likely N-dealkylation sites (tertiary alicyclic amines) is 1. The Bertz CT molecular complexity index is 1400. The molecule has 4 aliphatic heterocycles. The number of para-hydroxylation sites is 1. The second-order valence-electron chi connectivity index (χ2n) is 13.7. The molecule has 0 aliphatic carbocycles. The van der Waals surface area contributed by atoms with E-state index in [-0.39, 0.29) is 36.7 Å². The molecule has 4 aliphatic rings. The molecule has 2 aromatic carbocycles. The van der Waals surface area contributed by atoms with Gasteiger partial charge in [-0.05, 0) is 62.8 Å². The van der Waals surface area contributed by atoms with Gasteiger partial charge in [0.1, 0.15) is 24.9 Å². The predicted molar refractivity (Wildman–Crippen MR) is 184 cm³/mol. The van der Waals surface area contributed by atoms with Crippen LogP contribution in [0.5, 0.6) is 5.75 Å². The standard InChI is InChI=1S/C28H41N5O5.C9H12O/c1-37-33(24-11-20-38-21-12-24)18-16-31(17-19-33)27(35)7-6-26(34)30-13-9-23(10-14-30)32-15-8-22-4-2-3-5-25(22)29-28(32)36;1-6-4-7(2)9(10)8(3)5-6/h2-5,23-24H,6-21H2,1H3;4-5,10H,1-3H3/p+1. The molecule has 4 amide bonds. The highest BCUT2D eigenvalue weighted by molar-refractivity contribution is 5.91. The van der Waals surface area contributed by atoms with Crippen LogP contribution in [0.2, 0.25) is 0 Å². The van der Waals surface area contributed by atoms with E-state index in [0.29, 0.717) is 49.2 Å². The maximum Gasteiger partial charge on any atom is 0.322 e. The SMILES string of the molecule is CO[N+]1(C2CCOCC2)CCN(C(=O)CCC(=O)N2CCC(N3CCc4ccccc4NC3=O)CC2)CC1.Cc1cc(C)c(O)c(C)c1. The van der Waals surface area contributed by atoms with Gasteiger partial charge >= 0.3 is 6.03 Å². The van der Waals surface area contributed by atoms with Crippen LogP contribution in [0.4, 0.5) is 10.5 Å². The number of phenols is 1. The second kappa shape index (κ2) is 16.2. The number of anilines is 1. The largest absolute Gasteiger partial charge is 0.507 e. The van der Waals surface area contributed by atoms with Crippen molar-refractivity contribution in [2.45, 2.75) is 77.8 Å². The van der Waals surface area contributed by atoms with Gasteiger partial charge in [0.2, 0.25) is 11.8 Å². The third-order valence-corrected chi connectivity index (χ3v) is 10.7. The normalized spacial score (nSPS) is 20.2. The van der Waals surface area contributed by atoms with Crippen molar-refractivity contribution in [2.75, 3.05) is 71.5 Å². The lowest BCUT2D eigenvalue weighted by Gasteiger charge is -2.46. The van der Waals surface area contributed by atoms with Gasteiger partial charge in [-0.25, -0.2) is 9.63 Å². The van der Waals surface area contributed by atoms with E-state index in [4.69, 9.17) is 9.57 Å². The Morgan fingerprint density at radius 3 is 2.08 bits per heavy atom. The molecule has 4 heterocycles. The number of nitrogens with zero attached hydrogens (tertiary/aromatic N) is 4. The molecule has 0 unspecified atom stereocenters. The second-order valence-corrected chi connectivity index (χ2v) is 13.7. The third kappa shape index (κ3) is 8.48. The number of piperazine rings is 1. The highest BCUT2D eigenvalue weighted by Gasteiger charge is 2.43. The Kier molecular flexibility index (Phi) is 12.0. The number of carbonyl (C=O) groups excluding carboxylic acids is 3. The number of phenolic OH excluding ortho intramolecular Hbond substituents is 1. The van der Waals surface area contributed by atoms with Crippen molar-refractivity contribution in [3.05, 3.63) is 58.7 Å². The maximum absolute atomic E-state index is 12.9. The third-order valence-electron chi connectivity index (χ3n) is 10.7. The first kappa shape index (κ1) is 35.6. The molecule has 6 rings (SSSR count). The number of hydrogen-bond donors (Lipinski definition) is 2. The van der Waals surface area contributed by atoms with Gasteiger partial charge in [0.05, 0.1) is 33.4 Å². The molecule has 2 N–H and O–H groups in total. The summed E-state index contributed by atoms with van der Waals surface area (Å²) in [4.78, 5) is 50.3. The molecule has 0 radical (unpaired) electrons. The molecule has 2 aromatic rings. The number of ether oxygens (including phenoxy) is 1. The van der Waals surface area contributed by atoms with Crippen molar-refractivity contribution in [3.8, 4) is 5.75 Å². The molecule has 0 bridgehead atoms. The summed E-state index contributed by atoms with van der Waals surface area (Å²) in [7, 11) is 1.77. The summed E-state index contributed by atoms with van der Waals surface area (Å²) in [6.07, 6.45) is 4.81. The van der Waals surface area contributed by atoms with Crippen LogP contribution in [0.3, 0.4) is 0 Å². The topological polar surface area (TPSA) is 112 Å². The summed E-state index contributed by atoms with van der Waals surface area (Å²) in [5, 5.41) is 12.4. The van der Waals surface area contributed by atoms with Crippen LogP contribution in [0.15, 0.2) is 36.4 Å². The van der Waals surface area contributed by atoms with Gasteiger partial charge in [-0.15, -0.1) is 0 Å². The highest BCUT2D eigenvalue weighted by Crippen LogP contribution is 2.27. The molecule has 0 spiro atoms. The number of hydroxylamine groups is 3. The molecular weight excluding hydrogens is 610 g/mol. The molecule has 48 heavy (non-hydrogen) atoms. The van der Waals surface area contributed by atoms with Gasteiger partial charge in [-0.3, -0.25) is 9.59 Å². The number of quaternary nitrogens is 1. The summed E-state index contributed by atoms with van der Waals surface area (Å²) in [6.45, 7) is 12.2. The zero-order valence-corrected chi connectivity index (χ0v) is 29.2. The van der Waals surface area contributed by atoms with E-state index < -0.39 is 0 Å². The van der Waals surface area contributed by atoms with E-state index in [2.05, 4.69) is 11.4 Å². The Labute approximate surface area is 285 Å². The van der Waals surface area contributed by atoms with Crippen LogP contribution >= 0.6 is 0 Å². The average molecular weight is 665 g/mol. The van der Waals surface area contributed by atoms with E-state index in [0.717, 1.165) is 80.8 Å². The van der Waals surface area contributed by atoms with Crippen LogP contribution in [-0.4, -0.2) is 121 Å². The number of aromatic hydroxyl groups is 1. The molecule has 0 saturated carbocycles. The van der Waals surface area contributed by atoms with Gasteiger partial charge in [0.15, 0.2) is 0 Å². The van der Waals surface area contributed by atoms with Gasteiger partial charge in [-0.1, -0.05) is 35.9 Å². The van der Waals surface area contributed by atoms with Crippen LogP contribution in [0, 0.1) is 20.8 Å². The van der Waals surface area contributed by atoms with Gasteiger partial charge in [0.25, 0.3) is 0 Å². The zero-order valence-electron chi connectivity index (χ0n) is 29.2. The molecule has 262 valence electrons. The van der Waals surface area contributed by atoms with Gasteiger partial charge in [0, 0.05) is 57.0 Å². The Balaban J connectivity index is 0.000000387. The lowest BCUT2D eigenvalue weighted by molar-refractivity contribution is -1.12. The summed E-state index contributed by atoms with van der Waals surface area (Å²) < 4.78 is 6.12. The van der Waals surface area contributed by atoms with E-state index in [9.17, 15) is 19.5 Å². The van der Waals surface area contributed by atoms with Crippen molar-refractivity contribution in [1.82, 2.24) is 14.7 Å². The van der Waals surface area contributed by atoms with Crippen LogP contribution < -0.4 is 5.32 Å². The quantitative estimate of drug-likeness (QED) is 0.438. The number of amides is 4. The number of piperidine rings is 1. The number of rotatable bonds is 6. The van der Waals surface area contributed by atoms with E-state index in [1.807, 2.05) is 65.8 Å². The highest BCUT2D eigenvalue weighted by atomic mass is 16.7. The lowest BCUT2D eigenvalue weighted by atomic mass is 10.0. The Morgan fingerprint density at radius 1 is 0.896 bits per heavy atom. The van der Waals surface area contributed by atoms with Crippen molar-refractivity contribution < 1.29 is 33.7 Å². The predicted octanol–water partition coefficient (Wildman–Crippen LogP) is 4.56. The summed E-state index contributed by atoms with van der Waals surface area (Å²) in [6, 6.07) is 12.4. The van der Waals surface area contributed by atoms with E-state index in [1.54, 1.807) is 7.11 Å². The minimum absolute atomic E-state index is 0.0331. The van der Waals surface area contributed by atoms with E-state index >= 15 is 0 Å². The van der Waals surface area contributed by atoms with Gasteiger partial charge < -0.3 is 29.9 Å². The molecule has 11 nitrogen and oxygen atoms in total. The summed E-state index contributed by atoms with van der Waals surface area (Å²) in [5.74, 6) is 0.506. The fourth-order valence-corrected chi connectivity index (χ4v) is 7.77. The van der Waals surface area contributed by atoms with Crippen molar-refractivity contribution in [1.29, 1.82) is 0 Å². The maximum atomic E-state index is 12.9. The first-order valence-electron chi connectivity index (χ1n) is 17.6. The summed E-state index contributed by atoms with van der Waals surface area (Å²) in [5.41, 5.74) is 5.16. The number of urea groups is 1. The average Bonchev–Trinajstić information content (AvgIpc) is 3.28. The number of benzene rings is 2. The monoisotopic (exact) mass is 664 g/mol. The fraction of sp³-hybridized carbons (Fsp3) is 0.595. The molecule has 0 atom stereocenters. The molecule has 3 saturated heterocycles.